The summed E-state index contributed by atoms with van der Waals surface area (Å²) in [5.41, 5.74) is 17.5. The summed E-state index contributed by atoms with van der Waals surface area (Å²) in [5.74, 6) is 0.573. The molecule has 0 saturated heterocycles. The Morgan fingerprint density at radius 2 is 1.08 bits per heavy atom. The predicted molar refractivity (Wildman–Crippen MR) is 248 cm³/mol. The van der Waals surface area contributed by atoms with Crippen LogP contribution in [0.4, 0.5) is 11.4 Å². The Morgan fingerprint density at radius 1 is 0.613 bits per heavy atom. The fourth-order valence-corrected chi connectivity index (χ4v) is 12.2. The van der Waals surface area contributed by atoms with E-state index in [2.05, 4.69) is 45.0 Å². The Labute approximate surface area is 370 Å². The van der Waals surface area contributed by atoms with Crippen LogP contribution in [0.15, 0.2) is 89.8 Å². The quantitative estimate of drug-likeness (QED) is 0.0361. The fourth-order valence-electron chi connectivity index (χ4n) is 9.97. The average Bonchev–Trinajstić information content (AvgIpc) is 3.43. The third-order valence-electron chi connectivity index (χ3n) is 13.8. The second-order valence-electron chi connectivity index (χ2n) is 17.6. The molecule has 6 atom stereocenters. The molecule has 0 radical (unpaired) electrons. The highest BCUT2D eigenvalue weighted by Crippen LogP contribution is 2.51. The first kappa shape index (κ1) is 47.4. The third kappa shape index (κ3) is 10.8. The summed E-state index contributed by atoms with van der Waals surface area (Å²) in [5, 5.41) is 24.2. The number of anilines is 2. The Kier molecular flexibility index (Phi) is 16.4. The maximum Gasteiger partial charge on any atom is 0.179 e. The van der Waals surface area contributed by atoms with Crippen molar-refractivity contribution in [1.29, 1.82) is 0 Å². The number of fused-ring (bicyclic) bond motifs is 2. The van der Waals surface area contributed by atoms with E-state index in [4.69, 9.17) is 30.4 Å². The standard InChI is InChI=1S/C51H70N2O8S/c1-5-9-24-50(7-3)26-23-36-11-16-39(52)33-43(36)46(48(50)54)37-12-18-41(19-13-37)60-31-29-58-27-28-59-30-32-61-42-20-14-38(15-21-42)47-44-34-40(53)17-22-45(44)62(56,57)35-51(8-4,49(47)55)25-10-6-2/h11-22,33-34,46-49,54-55H,5-10,23-32,35,52-53H2,1-4H3/t46-,47?,48?,49?,50-,51+/m1/s1. The van der Waals surface area contributed by atoms with Gasteiger partial charge in [0.2, 0.25) is 0 Å². The van der Waals surface area contributed by atoms with Gasteiger partial charge in [-0.1, -0.05) is 83.7 Å². The highest BCUT2D eigenvalue weighted by Gasteiger charge is 2.49. The van der Waals surface area contributed by atoms with Crippen molar-refractivity contribution in [2.75, 3.05) is 56.9 Å². The zero-order chi connectivity index (χ0) is 44.3. The van der Waals surface area contributed by atoms with Gasteiger partial charge in [0.25, 0.3) is 0 Å². The number of benzene rings is 4. The number of unbranched alkanes of at least 4 members (excludes halogenated alkanes) is 2. The van der Waals surface area contributed by atoms with Crippen molar-refractivity contribution in [1.82, 2.24) is 0 Å². The number of hydrogen-bond acceptors (Lipinski definition) is 10. The normalized spacial score (nSPS) is 24.4. The molecule has 4 aromatic carbocycles. The molecule has 3 unspecified atom stereocenters. The maximum atomic E-state index is 13.8. The van der Waals surface area contributed by atoms with Gasteiger partial charge in [-0.25, -0.2) is 8.42 Å². The van der Waals surface area contributed by atoms with Gasteiger partial charge in [-0.15, -0.1) is 0 Å². The van der Waals surface area contributed by atoms with E-state index in [0.29, 0.717) is 69.5 Å². The second-order valence-corrected chi connectivity index (χ2v) is 19.5. The van der Waals surface area contributed by atoms with E-state index in [9.17, 15) is 18.6 Å². The van der Waals surface area contributed by atoms with Crippen molar-refractivity contribution in [3.8, 4) is 11.5 Å². The van der Waals surface area contributed by atoms with Gasteiger partial charge < -0.3 is 40.6 Å². The van der Waals surface area contributed by atoms with Crippen LogP contribution in [0.2, 0.25) is 0 Å². The van der Waals surface area contributed by atoms with E-state index in [-0.39, 0.29) is 22.0 Å². The van der Waals surface area contributed by atoms with Crippen molar-refractivity contribution < 1.29 is 37.6 Å². The van der Waals surface area contributed by atoms with Crippen LogP contribution in [0.3, 0.4) is 0 Å². The first-order valence-electron chi connectivity index (χ1n) is 22.9. The van der Waals surface area contributed by atoms with Crippen molar-refractivity contribution >= 4 is 21.2 Å². The molecule has 1 aliphatic heterocycles. The molecule has 6 N–H and O–H groups in total. The summed E-state index contributed by atoms with van der Waals surface area (Å²) >= 11 is 0. The molecule has 1 heterocycles. The molecule has 0 aromatic heterocycles. The van der Waals surface area contributed by atoms with Crippen LogP contribution in [-0.2, 0) is 25.7 Å². The zero-order valence-electron chi connectivity index (χ0n) is 37.3. The minimum Gasteiger partial charge on any atom is -0.491 e. The van der Waals surface area contributed by atoms with Crippen LogP contribution in [-0.4, -0.2) is 76.2 Å². The van der Waals surface area contributed by atoms with Crippen molar-refractivity contribution in [3.05, 3.63) is 113 Å². The Morgan fingerprint density at radius 3 is 1.61 bits per heavy atom. The topological polar surface area (TPSA) is 164 Å². The van der Waals surface area contributed by atoms with Gasteiger partial charge in [0, 0.05) is 28.6 Å². The van der Waals surface area contributed by atoms with E-state index in [1.165, 1.54) is 5.56 Å². The van der Waals surface area contributed by atoms with Gasteiger partial charge in [0.1, 0.15) is 24.7 Å². The minimum absolute atomic E-state index is 0.0978. The van der Waals surface area contributed by atoms with Gasteiger partial charge in [-0.2, -0.15) is 0 Å². The highest BCUT2D eigenvalue weighted by atomic mass is 32.2. The number of aliphatic hydroxyl groups excluding tert-OH is 2. The highest BCUT2D eigenvalue weighted by molar-refractivity contribution is 7.91. The van der Waals surface area contributed by atoms with E-state index < -0.39 is 33.4 Å². The molecule has 338 valence electrons. The summed E-state index contributed by atoms with van der Waals surface area (Å²) in [4.78, 5) is 0.243. The summed E-state index contributed by atoms with van der Waals surface area (Å²) in [6.45, 7) is 10.8. The van der Waals surface area contributed by atoms with Gasteiger partial charge in [-0.3, -0.25) is 0 Å². The number of aryl methyl sites for hydroxylation is 1. The number of rotatable bonds is 21. The van der Waals surface area contributed by atoms with Crippen molar-refractivity contribution in [2.24, 2.45) is 10.8 Å². The van der Waals surface area contributed by atoms with E-state index in [1.807, 2.05) is 49.4 Å². The molecule has 6 rings (SSSR count). The summed E-state index contributed by atoms with van der Waals surface area (Å²) in [6, 6.07) is 26.7. The molecular formula is C51H70N2O8S. The number of nitrogens with two attached hydrogens (primary N) is 2. The smallest absolute Gasteiger partial charge is 0.179 e. The summed E-state index contributed by atoms with van der Waals surface area (Å²) < 4.78 is 51.0. The first-order valence-corrected chi connectivity index (χ1v) is 24.5. The molecule has 0 saturated carbocycles. The first-order chi connectivity index (χ1) is 29.9. The largest absolute Gasteiger partial charge is 0.491 e. The van der Waals surface area contributed by atoms with Crippen molar-refractivity contribution in [2.45, 2.75) is 121 Å². The molecule has 0 bridgehead atoms. The van der Waals surface area contributed by atoms with Crippen LogP contribution >= 0.6 is 0 Å². The SMILES string of the molecule is CCCC[C@@]1(CC)CS(=O)(=O)c2ccc(N)cc2C(c2ccc(OCCOCCOCCOc3ccc([C@@H]4c5cc(N)ccc5CC[C@@](CC)(CCCC)C4O)cc3)cc2)C1O. The van der Waals surface area contributed by atoms with Crippen molar-refractivity contribution in [3.63, 3.8) is 0 Å². The molecule has 0 spiro atoms. The molecule has 0 fully saturated rings. The fraction of sp³-hybridized carbons (Fsp3) is 0.529. The lowest BCUT2D eigenvalue weighted by Gasteiger charge is -2.40. The second kappa shape index (κ2) is 21.5. The van der Waals surface area contributed by atoms with Gasteiger partial charge in [-0.05, 0) is 126 Å². The van der Waals surface area contributed by atoms with Crippen LogP contribution < -0.4 is 20.9 Å². The predicted octanol–water partition coefficient (Wildman–Crippen LogP) is 9.23. The van der Waals surface area contributed by atoms with Crippen LogP contribution in [0, 0.1) is 10.8 Å². The monoisotopic (exact) mass is 870 g/mol. The number of hydrogen-bond donors (Lipinski definition) is 4. The van der Waals surface area contributed by atoms with Crippen LogP contribution in [0.5, 0.6) is 11.5 Å². The number of aliphatic hydroxyl groups is 2. The average molecular weight is 871 g/mol. The molecule has 2 aliphatic rings. The molecular weight excluding hydrogens is 801 g/mol. The van der Waals surface area contributed by atoms with E-state index >= 15 is 0 Å². The number of ether oxygens (including phenoxy) is 4. The van der Waals surface area contributed by atoms with Gasteiger partial charge in [0.05, 0.1) is 49.3 Å². The van der Waals surface area contributed by atoms with Crippen LogP contribution in [0.25, 0.3) is 0 Å². The lowest BCUT2D eigenvalue weighted by atomic mass is 9.67. The molecule has 11 heteroatoms. The minimum atomic E-state index is -3.66. The Balaban J connectivity index is 0.953. The molecule has 0 amide bonds. The van der Waals surface area contributed by atoms with Gasteiger partial charge >= 0.3 is 0 Å². The number of nitrogen functional groups attached to an aromatic ring is 2. The molecule has 1 aliphatic carbocycles. The van der Waals surface area contributed by atoms with E-state index in [1.54, 1.807) is 18.2 Å². The lowest BCUT2D eigenvalue weighted by Crippen LogP contribution is -2.42. The zero-order valence-corrected chi connectivity index (χ0v) is 38.1. The molecule has 62 heavy (non-hydrogen) atoms. The molecule has 10 nitrogen and oxygen atoms in total. The Bertz CT molecular complexity index is 2150. The number of sulfone groups is 1. The maximum absolute atomic E-state index is 13.8. The summed E-state index contributed by atoms with van der Waals surface area (Å²) in [7, 11) is -3.66. The van der Waals surface area contributed by atoms with Crippen LogP contribution in [0.1, 0.15) is 125 Å². The summed E-state index contributed by atoms with van der Waals surface area (Å²) in [6.07, 6.45) is 7.52. The third-order valence-corrected chi connectivity index (χ3v) is 15.8. The lowest BCUT2D eigenvalue weighted by molar-refractivity contribution is -0.00156. The molecule has 4 aromatic rings. The Hall–Kier alpha value is -4.13. The van der Waals surface area contributed by atoms with E-state index in [0.717, 1.165) is 79.5 Å². The van der Waals surface area contributed by atoms with Gasteiger partial charge in [0.15, 0.2) is 9.84 Å².